The Labute approximate surface area is 944 Å². The molecule has 800 valence electrons. The Morgan fingerprint density at radius 1 is 0.367 bits per heavy atom. The lowest BCUT2D eigenvalue weighted by Crippen LogP contribution is -2.27. The van der Waals surface area contributed by atoms with Crippen molar-refractivity contribution in [2.24, 2.45) is 10.7 Å². The van der Waals surface area contributed by atoms with Gasteiger partial charge in [-0.1, -0.05) is 46.4 Å². The number of halogens is 12. The molecule has 0 spiro atoms. The summed E-state index contributed by atoms with van der Waals surface area (Å²) in [6.45, 7) is 22.1. The highest BCUT2D eigenvalue weighted by atomic mass is 79.9. The second-order valence-electron chi connectivity index (χ2n) is 31.4. The van der Waals surface area contributed by atoms with Gasteiger partial charge in [0.15, 0.2) is 23.3 Å². The molecule has 0 aliphatic rings. The molecular formula is C91H102Br7Cl4FN32O14S. The minimum Gasteiger partial charge on any atom is -0.444 e. The number of amides is 8. The van der Waals surface area contributed by atoms with Gasteiger partial charge >= 0.3 is 30.3 Å². The molecule has 0 bridgehead atoms. The van der Waals surface area contributed by atoms with Crippen LogP contribution in [0, 0.1) is 0 Å². The Bertz CT molecular complexity index is 6290. The van der Waals surface area contributed by atoms with Crippen LogP contribution in [0.3, 0.4) is 0 Å². The lowest BCUT2D eigenvalue weighted by Gasteiger charge is -2.21. The van der Waals surface area contributed by atoms with Crippen LogP contribution in [-0.4, -0.2) is 206 Å². The summed E-state index contributed by atoms with van der Waals surface area (Å²) in [4.78, 5) is 118. The number of aromatic nitrogens is 22. The van der Waals surface area contributed by atoms with Crippen LogP contribution >= 0.6 is 170 Å². The number of nitrogens with one attached hydrogen (secondary N) is 7. The quantitative estimate of drug-likeness (QED) is 0.0200. The van der Waals surface area contributed by atoms with Gasteiger partial charge < -0.3 is 81.3 Å². The van der Waals surface area contributed by atoms with Crippen LogP contribution in [0.2, 0.25) is 20.1 Å². The van der Waals surface area contributed by atoms with Crippen molar-refractivity contribution in [1.29, 1.82) is 0 Å². The van der Waals surface area contributed by atoms with Gasteiger partial charge in [-0.2, -0.15) is 49.7 Å². The Morgan fingerprint density at radius 2 is 0.600 bits per heavy atom. The van der Waals surface area contributed by atoms with Crippen LogP contribution in [0.4, 0.5) is 79.0 Å². The number of rotatable bonds is 24. The topological polar surface area (TPSA) is 577 Å². The molecule has 150 heavy (non-hydrogen) atoms. The minimum absolute atomic E-state index is 0.0117. The van der Waals surface area contributed by atoms with E-state index in [2.05, 4.69) is 249 Å². The van der Waals surface area contributed by atoms with Crippen LogP contribution in [0.15, 0.2) is 209 Å². The molecule has 14 aromatic rings. The first-order valence-corrected chi connectivity index (χ1v) is 51.3. The molecule has 0 aliphatic heterocycles. The summed E-state index contributed by atoms with van der Waals surface area (Å²) in [5, 5.41) is 51.7. The molecule has 46 nitrogen and oxygen atoms in total. The van der Waals surface area contributed by atoms with Gasteiger partial charge in [0.1, 0.15) is 11.2 Å². The number of methoxy groups -OCH3 is 6. The second kappa shape index (κ2) is 64.1. The highest BCUT2D eigenvalue weighted by Crippen LogP contribution is 2.39. The zero-order valence-electron chi connectivity index (χ0n) is 83.2. The van der Waals surface area contributed by atoms with Crippen LogP contribution in [0.25, 0.3) is 23.3 Å². The molecule has 14 aromatic heterocycles. The van der Waals surface area contributed by atoms with Crippen molar-refractivity contribution in [2.75, 3.05) is 91.9 Å². The van der Waals surface area contributed by atoms with E-state index >= 15 is 0 Å². The average Bonchev–Trinajstić information content (AvgIpc) is 1.27. The van der Waals surface area contributed by atoms with Crippen LogP contribution in [0.1, 0.15) is 153 Å². The molecule has 0 saturated carbocycles. The number of urea groups is 3. The zero-order chi connectivity index (χ0) is 111. The summed E-state index contributed by atoms with van der Waals surface area (Å²) in [6, 6.07) is 4.75. The van der Waals surface area contributed by atoms with E-state index in [0.717, 1.165) is 64.7 Å². The van der Waals surface area contributed by atoms with E-state index in [1.165, 1.54) is 112 Å². The summed E-state index contributed by atoms with van der Waals surface area (Å²) >= 11 is 48.6. The largest absolute Gasteiger partial charge is 0.444 e. The molecule has 0 fully saturated rings. The van der Waals surface area contributed by atoms with Crippen molar-refractivity contribution < 1.29 is 70.5 Å². The van der Waals surface area contributed by atoms with E-state index in [1.807, 2.05) is 62.3 Å². The monoisotopic (exact) mass is 2610 g/mol. The summed E-state index contributed by atoms with van der Waals surface area (Å²) in [7, 11) is 9.71. The number of anilines is 8. The molecule has 59 heteroatoms. The normalized spacial score (nSPS) is 11.8. The zero-order valence-corrected chi connectivity index (χ0v) is 98.2. The first-order valence-electron chi connectivity index (χ1n) is 43.1. The number of carbonyl (C=O) groups excluding carboxylic acids is 6. The standard InChI is InChI=1S/3C16H15BrClN7O2.C13H19BrN2O3.C8H9Br2NO.C8H11BrN2O.C8H4ClN5O.C5H11NO2.CH3FS/c3*1-9(27-2)14-11(17)7-19-8-13(14)24-16(26)23-10-5-12(18)15(20-6-10)25-21-3-4-22-25;1-8(18-5)11-9(14)6-15-7-10(11)16-12(17)19-13(2,3)4;2*1-5(12-2)8-6(9)3-11-4-7(8)10;9-7-3-6(11-5-15)4-10-8(7)14-12-1-2-13-14;1-5(2,3)8-4(6)7;1-3-2/h3*3-9H,1-2H3,(H2,23,24,26);6-8H,1-5H3,(H,16,17);3-5H,1-2H3;3-5H,10H2,1-2H3;1-4H;1-3H3,(H2,6,7);1H3/t2*9-;;;;;;;/m10......./s1. The number of pyridine rings is 10. The molecule has 14 heterocycles. The maximum absolute atomic E-state index is 12.4. The van der Waals surface area contributed by atoms with Crippen LogP contribution in [-0.2, 0) is 42.7 Å². The van der Waals surface area contributed by atoms with Gasteiger partial charge in [0.05, 0.1) is 213 Å². The number of primary amides is 1. The Morgan fingerprint density at radius 3 is 0.840 bits per heavy atom. The summed E-state index contributed by atoms with van der Waals surface area (Å²) in [5.41, 5.74) is 19.0. The number of nitrogens with two attached hydrogens (primary N) is 2. The number of nitrogen functional groups attached to an aromatic ring is 1. The summed E-state index contributed by atoms with van der Waals surface area (Å²) in [5.74, 6) is 1.46. The van der Waals surface area contributed by atoms with E-state index in [-0.39, 0.29) is 48.8 Å². The number of carbonyl (C=O) groups is 5. The predicted molar refractivity (Wildman–Crippen MR) is 594 cm³/mol. The first kappa shape index (κ1) is 127. The van der Waals surface area contributed by atoms with Crippen molar-refractivity contribution >= 4 is 258 Å². The third-order valence-corrected chi connectivity index (χ3v) is 24.2. The number of hydrogen-bond donors (Lipinski definition) is 9. The van der Waals surface area contributed by atoms with Crippen LogP contribution < -0.4 is 48.7 Å². The molecule has 6 atom stereocenters. The highest BCUT2D eigenvalue weighted by Gasteiger charge is 2.26. The van der Waals surface area contributed by atoms with Crippen LogP contribution in [0.5, 0.6) is 0 Å². The van der Waals surface area contributed by atoms with E-state index in [4.69, 9.17) is 91.0 Å². The average molecular weight is 2620 g/mol. The fourth-order valence-corrected chi connectivity index (χ4v) is 17.5. The smallest absolute Gasteiger partial charge is 0.412 e. The summed E-state index contributed by atoms with van der Waals surface area (Å²) < 4.78 is 57.5. The van der Waals surface area contributed by atoms with E-state index in [9.17, 15) is 32.7 Å². The maximum atomic E-state index is 12.4. The molecule has 0 radical (unpaired) electrons. The third-order valence-electron chi connectivity index (χ3n) is 18.6. The molecule has 0 saturated heterocycles. The van der Waals surface area contributed by atoms with Gasteiger partial charge in [-0.25, -0.2) is 48.7 Å². The number of isocyanates is 1. The van der Waals surface area contributed by atoms with Crippen molar-refractivity contribution in [3.05, 3.63) is 258 Å². The number of ether oxygens (including phenoxy) is 8. The second-order valence-corrected chi connectivity index (χ2v) is 39.3. The van der Waals surface area contributed by atoms with E-state index < -0.39 is 41.5 Å². The number of nitrogens with zero attached hydrogens (tertiary/aromatic N) is 23. The van der Waals surface area contributed by atoms with Gasteiger partial charge in [-0.15, -0.1) is 19.2 Å². The molecule has 14 rings (SSSR count). The highest BCUT2D eigenvalue weighted by molar-refractivity contribution is 9.11. The Hall–Kier alpha value is -11.9. The third kappa shape index (κ3) is 41.4. The van der Waals surface area contributed by atoms with Gasteiger partial charge in [0.25, 0.3) is 0 Å². The van der Waals surface area contributed by atoms with Gasteiger partial charge in [0.2, 0.25) is 6.08 Å². The number of hydrogen-bond acceptors (Lipinski definition) is 35. The summed E-state index contributed by atoms with van der Waals surface area (Å²) in [6.07, 6.45) is 38.2. The van der Waals surface area contributed by atoms with Crippen molar-refractivity contribution in [2.45, 2.75) is 131 Å². The van der Waals surface area contributed by atoms with Gasteiger partial charge in [0, 0.05) is 169 Å². The molecule has 8 amide bonds. The lowest BCUT2D eigenvalue weighted by atomic mass is 10.1. The molecule has 0 aliphatic carbocycles. The van der Waals surface area contributed by atoms with Crippen molar-refractivity contribution in [1.82, 2.24) is 110 Å². The Balaban J connectivity index is 0.000000267. The predicted octanol–water partition coefficient (Wildman–Crippen LogP) is 24.2. The molecular weight excluding hydrogens is 2520 g/mol. The number of aliphatic imine (C=N–C) groups is 1. The first-order chi connectivity index (χ1) is 71.2. The fourth-order valence-electron chi connectivity index (χ4n) is 11.7. The van der Waals surface area contributed by atoms with Gasteiger partial charge in [-0.3, -0.25) is 35.2 Å². The lowest BCUT2D eigenvalue weighted by molar-refractivity contribution is 0.0596. The molecule has 11 N–H and O–H groups in total. The maximum Gasteiger partial charge on any atom is 0.412 e. The Kier molecular flexibility index (Phi) is 54.2. The fraction of sp³-hybridized carbons (Fsp3) is 0.297. The van der Waals surface area contributed by atoms with E-state index in [0.29, 0.717) is 94.5 Å². The van der Waals surface area contributed by atoms with Crippen molar-refractivity contribution in [3.8, 4) is 23.3 Å². The van der Waals surface area contributed by atoms with Gasteiger partial charge in [-0.05, 0) is 219 Å². The van der Waals surface area contributed by atoms with Crippen molar-refractivity contribution in [3.63, 3.8) is 0 Å². The minimum atomic E-state index is -0.725. The van der Waals surface area contributed by atoms with E-state index in [1.54, 1.807) is 156 Å². The molecule has 4 unspecified atom stereocenters. The molecule has 0 aromatic carbocycles. The SMILES string of the molecule is CC(C)(C)OC(N)=O.COC(C)c1c(Br)cncc1Br.COC(C)c1c(Br)cncc1NC(=O)Nc1cnc(-n2nccn2)c(Cl)c1.COC(C)c1c(Br)cncc1NC(=O)OC(C)(C)C.COC(C)c1c(N)cncc1Br.CO[C@@H](C)c1c(Br)cncc1NC(=O)Nc1cnc(-n2nccn2)c(Cl)c1.CO[C@H](C)c1c(Br)cncc1NC(=O)Nc1cnc(-n2nccn2)c(Cl)c1.CSF.O=C=Nc1cnc(-n2nccn2)c(Cl)c1.